The molecular weight excluding hydrogens is 452 g/mol. The number of esters is 1. The number of methoxy groups -OCH3 is 1. The van der Waals surface area contributed by atoms with Gasteiger partial charge in [0.05, 0.1) is 23.4 Å². The van der Waals surface area contributed by atoms with E-state index in [0.717, 1.165) is 6.07 Å². The lowest BCUT2D eigenvalue weighted by molar-refractivity contribution is 0.0600. The zero-order chi connectivity index (χ0) is 22.5. The first-order chi connectivity index (χ1) is 13.9. The number of carbonyl (C=O) groups excluding carboxylic acids is 1. The summed E-state index contributed by atoms with van der Waals surface area (Å²) in [6.45, 7) is 3.43. The van der Waals surface area contributed by atoms with Gasteiger partial charge in [0.2, 0.25) is 20.0 Å². The molecule has 0 aliphatic heterocycles. The van der Waals surface area contributed by atoms with Gasteiger partial charge in [0.25, 0.3) is 0 Å². The molecule has 0 spiro atoms. The van der Waals surface area contributed by atoms with Crippen molar-refractivity contribution >= 4 is 37.6 Å². The van der Waals surface area contributed by atoms with E-state index < -0.39 is 26.0 Å². The van der Waals surface area contributed by atoms with Gasteiger partial charge in [-0.15, -0.1) is 0 Å². The van der Waals surface area contributed by atoms with E-state index in [0.29, 0.717) is 11.1 Å². The molecule has 2 rings (SSSR count). The second kappa shape index (κ2) is 9.88. The first-order valence-electron chi connectivity index (χ1n) is 8.89. The maximum atomic E-state index is 12.6. The van der Waals surface area contributed by atoms with E-state index in [1.165, 1.54) is 19.2 Å². The summed E-state index contributed by atoms with van der Waals surface area (Å²) in [6.07, 6.45) is 0. The summed E-state index contributed by atoms with van der Waals surface area (Å²) in [5.41, 5.74) is 1.25. The van der Waals surface area contributed by atoms with Crippen molar-refractivity contribution in [2.75, 3.05) is 7.11 Å². The summed E-state index contributed by atoms with van der Waals surface area (Å²) in [7, 11) is -6.26. The average molecular weight is 475 g/mol. The van der Waals surface area contributed by atoms with Crippen LogP contribution in [-0.4, -0.2) is 36.0 Å². The van der Waals surface area contributed by atoms with E-state index in [4.69, 9.17) is 11.6 Å². The van der Waals surface area contributed by atoms with Crippen LogP contribution in [0.25, 0.3) is 0 Å². The summed E-state index contributed by atoms with van der Waals surface area (Å²) in [5.74, 6) is -0.853. The van der Waals surface area contributed by atoms with Crippen LogP contribution >= 0.6 is 11.6 Å². The smallest absolute Gasteiger partial charge is 0.337 e. The van der Waals surface area contributed by atoms with Crippen molar-refractivity contribution in [3.05, 3.63) is 64.2 Å². The quantitative estimate of drug-likeness (QED) is 0.539. The molecule has 2 aromatic carbocycles. The Morgan fingerprint density at radius 1 is 1.03 bits per heavy atom. The largest absolute Gasteiger partial charge is 0.465 e. The molecule has 0 aromatic heterocycles. The highest BCUT2D eigenvalue weighted by Crippen LogP contribution is 2.23. The van der Waals surface area contributed by atoms with Crippen LogP contribution in [0.4, 0.5) is 0 Å². The normalized spacial score (nSPS) is 12.2. The van der Waals surface area contributed by atoms with Crippen LogP contribution in [0.15, 0.2) is 47.4 Å². The summed E-state index contributed by atoms with van der Waals surface area (Å²) in [5, 5.41) is -0.0339. The lowest BCUT2D eigenvalue weighted by Crippen LogP contribution is -2.31. The van der Waals surface area contributed by atoms with Gasteiger partial charge in [0, 0.05) is 12.6 Å². The van der Waals surface area contributed by atoms with Crippen molar-refractivity contribution in [2.45, 2.75) is 37.1 Å². The number of halogens is 1. The maximum absolute atomic E-state index is 12.6. The van der Waals surface area contributed by atoms with Gasteiger partial charge in [0.1, 0.15) is 4.90 Å². The molecule has 8 nitrogen and oxygen atoms in total. The van der Waals surface area contributed by atoms with Gasteiger partial charge in [-0.1, -0.05) is 35.9 Å². The fraction of sp³-hybridized carbons (Fsp3) is 0.316. The molecule has 0 atom stereocenters. The zero-order valence-corrected chi connectivity index (χ0v) is 19.1. The van der Waals surface area contributed by atoms with Gasteiger partial charge >= 0.3 is 5.97 Å². The van der Waals surface area contributed by atoms with Gasteiger partial charge in [-0.05, 0) is 43.2 Å². The molecule has 0 heterocycles. The molecule has 0 saturated heterocycles. The van der Waals surface area contributed by atoms with Crippen LogP contribution in [0, 0.1) is 0 Å². The average Bonchev–Trinajstić information content (AvgIpc) is 2.65. The molecule has 0 unspecified atom stereocenters. The fourth-order valence-corrected chi connectivity index (χ4v) is 5.56. The molecule has 0 aliphatic carbocycles. The van der Waals surface area contributed by atoms with Crippen LogP contribution in [0.3, 0.4) is 0 Å². The zero-order valence-electron chi connectivity index (χ0n) is 16.7. The van der Waals surface area contributed by atoms with E-state index in [1.54, 1.807) is 38.1 Å². The number of benzene rings is 2. The number of rotatable bonds is 9. The highest BCUT2D eigenvalue weighted by molar-refractivity contribution is 7.89. The maximum Gasteiger partial charge on any atom is 0.337 e. The van der Waals surface area contributed by atoms with Gasteiger partial charge in [-0.3, -0.25) is 0 Å². The molecule has 164 valence electrons. The van der Waals surface area contributed by atoms with Gasteiger partial charge < -0.3 is 4.74 Å². The Hall–Kier alpha value is -1.98. The highest BCUT2D eigenvalue weighted by Gasteiger charge is 2.20. The van der Waals surface area contributed by atoms with Gasteiger partial charge in [0.15, 0.2) is 0 Å². The number of ether oxygens (including phenoxy) is 1. The first kappa shape index (κ1) is 24.3. The molecule has 0 fully saturated rings. The minimum atomic E-state index is -4.00. The molecule has 0 bridgehead atoms. The first-order valence-corrected chi connectivity index (χ1v) is 12.4. The number of nitrogens with one attached hydrogen (secondary N) is 2. The molecular formula is C19H23ClN2O6S2. The molecule has 0 saturated carbocycles. The third kappa shape index (κ3) is 6.78. The summed E-state index contributed by atoms with van der Waals surface area (Å²) >= 11 is 5.99. The third-order valence-electron chi connectivity index (χ3n) is 3.90. The second-order valence-electron chi connectivity index (χ2n) is 6.81. The second-order valence-corrected chi connectivity index (χ2v) is 10.7. The standard InChI is InChI=1S/C19H23ClN2O6S2/c1-13(2)22-29(24,25)12-15-6-4-14(5-7-15)11-21-30(26,27)18-10-16(19(23)28-3)8-9-17(18)20/h4-10,13,21-22H,11-12H2,1-3H3. The molecule has 2 aromatic rings. The molecule has 0 radical (unpaired) electrons. The SMILES string of the molecule is COC(=O)c1ccc(Cl)c(S(=O)(=O)NCc2ccc(CS(=O)(=O)NC(C)C)cc2)c1. The van der Waals surface area contributed by atoms with E-state index in [2.05, 4.69) is 14.2 Å². The Labute approximate surface area is 181 Å². The highest BCUT2D eigenvalue weighted by atomic mass is 35.5. The molecule has 11 heteroatoms. The molecule has 0 aliphatic rings. The van der Waals surface area contributed by atoms with Crippen molar-refractivity contribution in [3.63, 3.8) is 0 Å². The Morgan fingerprint density at radius 2 is 1.63 bits per heavy atom. The van der Waals surface area contributed by atoms with Crippen molar-refractivity contribution < 1.29 is 26.4 Å². The Balaban J connectivity index is 2.11. The topological polar surface area (TPSA) is 119 Å². The fourth-order valence-electron chi connectivity index (χ4n) is 2.58. The van der Waals surface area contributed by atoms with E-state index in [1.807, 2.05) is 0 Å². The van der Waals surface area contributed by atoms with Crippen molar-refractivity contribution in [3.8, 4) is 0 Å². The predicted molar refractivity (Wildman–Crippen MR) is 114 cm³/mol. The molecule has 2 N–H and O–H groups in total. The number of sulfonamides is 2. The minimum Gasteiger partial charge on any atom is -0.465 e. The lowest BCUT2D eigenvalue weighted by Gasteiger charge is -2.11. The van der Waals surface area contributed by atoms with Gasteiger partial charge in [-0.2, -0.15) is 0 Å². The van der Waals surface area contributed by atoms with Crippen LogP contribution in [-0.2, 0) is 37.1 Å². The van der Waals surface area contributed by atoms with E-state index in [-0.39, 0.29) is 33.8 Å². The lowest BCUT2D eigenvalue weighted by atomic mass is 10.1. The number of hydrogen-bond donors (Lipinski definition) is 2. The van der Waals surface area contributed by atoms with Crippen LogP contribution < -0.4 is 9.44 Å². The molecule has 0 amide bonds. The predicted octanol–water partition coefficient (Wildman–Crippen LogP) is 2.43. The van der Waals surface area contributed by atoms with Crippen molar-refractivity contribution in [1.29, 1.82) is 0 Å². The molecule has 30 heavy (non-hydrogen) atoms. The van der Waals surface area contributed by atoms with Crippen LogP contribution in [0.5, 0.6) is 0 Å². The van der Waals surface area contributed by atoms with E-state index in [9.17, 15) is 21.6 Å². The Morgan fingerprint density at radius 3 is 2.20 bits per heavy atom. The van der Waals surface area contributed by atoms with Crippen LogP contribution in [0.2, 0.25) is 5.02 Å². The van der Waals surface area contributed by atoms with Gasteiger partial charge in [-0.25, -0.2) is 31.1 Å². The number of hydrogen-bond acceptors (Lipinski definition) is 6. The third-order valence-corrected chi connectivity index (χ3v) is 7.33. The summed E-state index contributed by atoms with van der Waals surface area (Å²) in [4.78, 5) is 11.4. The Kier molecular flexibility index (Phi) is 8.00. The van der Waals surface area contributed by atoms with Crippen molar-refractivity contribution in [2.24, 2.45) is 0 Å². The minimum absolute atomic E-state index is 0.0339. The van der Waals surface area contributed by atoms with Crippen molar-refractivity contribution in [1.82, 2.24) is 9.44 Å². The monoisotopic (exact) mass is 474 g/mol. The number of carbonyl (C=O) groups is 1. The summed E-state index contributed by atoms with van der Waals surface area (Å²) in [6, 6.07) is 10.1. The van der Waals surface area contributed by atoms with E-state index >= 15 is 0 Å². The summed E-state index contributed by atoms with van der Waals surface area (Å²) < 4.78 is 58.7. The van der Waals surface area contributed by atoms with Crippen LogP contribution in [0.1, 0.15) is 35.3 Å². The Bertz CT molecular complexity index is 1110.